The number of aromatic amines is 1. The van der Waals surface area contributed by atoms with Gasteiger partial charge in [-0.1, -0.05) is 25.2 Å². The summed E-state index contributed by atoms with van der Waals surface area (Å²) in [6, 6.07) is 3.62. The van der Waals surface area contributed by atoms with Crippen molar-refractivity contribution in [3.05, 3.63) is 28.5 Å². The van der Waals surface area contributed by atoms with Gasteiger partial charge in [-0.3, -0.25) is 0 Å². The molecule has 11 heavy (non-hydrogen) atoms. The van der Waals surface area contributed by atoms with Crippen LogP contribution in [-0.2, 0) is 0 Å². The first-order valence-electron chi connectivity index (χ1n) is 3.60. The molecular weight excluding hydrogens is 158 g/mol. The molecule has 1 heterocycles. The minimum absolute atomic E-state index is 0.373. The summed E-state index contributed by atoms with van der Waals surface area (Å²) >= 11 is 4.86. The van der Waals surface area contributed by atoms with Crippen molar-refractivity contribution < 1.29 is 5.11 Å². The minimum atomic E-state index is -0.373. The SMILES string of the molecule is CCC(O)c1ccc(=S)[nH]c1. The standard InChI is InChI=1S/C8H11NOS/c1-2-7(10)6-3-4-8(11)9-5-6/h3-5,7,10H,2H2,1H3,(H,9,11). The molecule has 0 amide bonds. The molecule has 0 aliphatic carbocycles. The van der Waals surface area contributed by atoms with Gasteiger partial charge in [0, 0.05) is 6.20 Å². The quantitative estimate of drug-likeness (QED) is 0.666. The highest BCUT2D eigenvalue weighted by Gasteiger charge is 2.01. The van der Waals surface area contributed by atoms with E-state index in [9.17, 15) is 5.11 Å². The first kappa shape index (κ1) is 8.43. The smallest absolute Gasteiger partial charge is 0.103 e. The number of H-pyrrole nitrogens is 1. The lowest BCUT2D eigenvalue weighted by Crippen LogP contribution is -1.94. The van der Waals surface area contributed by atoms with Gasteiger partial charge in [0.1, 0.15) is 4.64 Å². The number of hydrogen-bond donors (Lipinski definition) is 2. The Hall–Kier alpha value is -0.670. The lowest BCUT2D eigenvalue weighted by Gasteiger charge is -2.05. The lowest BCUT2D eigenvalue weighted by atomic mass is 10.1. The molecule has 0 spiro atoms. The lowest BCUT2D eigenvalue weighted by molar-refractivity contribution is 0.173. The molecule has 1 aromatic heterocycles. The number of rotatable bonds is 2. The summed E-state index contributed by atoms with van der Waals surface area (Å²) in [5, 5.41) is 9.37. The van der Waals surface area contributed by atoms with E-state index in [1.165, 1.54) is 0 Å². The van der Waals surface area contributed by atoms with Crippen LogP contribution < -0.4 is 0 Å². The summed E-state index contributed by atoms with van der Waals surface area (Å²) in [6.07, 6.45) is 2.10. The molecule has 0 bridgehead atoms. The fourth-order valence-electron chi connectivity index (χ4n) is 0.866. The molecule has 0 aromatic carbocycles. The maximum atomic E-state index is 9.37. The Morgan fingerprint density at radius 2 is 2.36 bits per heavy atom. The summed E-state index contributed by atoms with van der Waals surface area (Å²) in [6.45, 7) is 1.94. The van der Waals surface area contributed by atoms with Gasteiger partial charge in [0.05, 0.1) is 6.10 Å². The molecule has 0 fully saturated rings. The van der Waals surface area contributed by atoms with E-state index in [0.717, 1.165) is 12.0 Å². The van der Waals surface area contributed by atoms with Crippen molar-refractivity contribution in [2.24, 2.45) is 0 Å². The maximum absolute atomic E-state index is 9.37. The van der Waals surface area contributed by atoms with Crippen LogP contribution >= 0.6 is 12.2 Å². The predicted molar refractivity (Wildman–Crippen MR) is 46.9 cm³/mol. The Labute approximate surface area is 70.9 Å². The zero-order valence-electron chi connectivity index (χ0n) is 6.37. The van der Waals surface area contributed by atoms with Gasteiger partial charge in [-0.05, 0) is 18.1 Å². The molecule has 2 N–H and O–H groups in total. The molecule has 1 rings (SSSR count). The predicted octanol–water partition coefficient (Wildman–Crippen LogP) is 2.19. The van der Waals surface area contributed by atoms with Crippen LogP contribution in [0.5, 0.6) is 0 Å². The van der Waals surface area contributed by atoms with E-state index in [2.05, 4.69) is 4.98 Å². The monoisotopic (exact) mass is 169 g/mol. The molecule has 1 unspecified atom stereocenters. The highest BCUT2D eigenvalue weighted by atomic mass is 32.1. The Morgan fingerprint density at radius 1 is 1.64 bits per heavy atom. The van der Waals surface area contributed by atoms with Gasteiger partial charge in [-0.15, -0.1) is 0 Å². The second-order valence-electron chi connectivity index (χ2n) is 2.41. The first-order chi connectivity index (χ1) is 5.24. The third-order valence-corrected chi connectivity index (χ3v) is 1.83. The van der Waals surface area contributed by atoms with Crippen LogP contribution in [0.4, 0.5) is 0 Å². The zero-order chi connectivity index (χ0) is 8.27. The summed E-state index contributed by atoms with van der Waals surface area (Å²) < 4.78 is 0.692. The molecule has 0 radical (unpaired) electrons. The normalized spacial score (nSPS) is 12.9. The molecule has 1 atom stereocenters. The largest absolute Gasteiger partial charge is 0.388 e. The van der Waals surface area contributed by atoms with Crippen molar-refractivity contribution >= 4 is 12.2 Å². The zero-order valence-corrected chi connectivity index (χ0v) is 7.19. The van der Waals surface area contributed by atoms with Gasteiger partial charge in [0.15, 0.2) is 0 Å². The van der Waals surface area contributed by atoms with Crippen LogP contribution in [0.15, 0.2) is 18.3 Å². The van der Waals surface area contributed by atoms with Crippen molar-refractivity contribution in [3.63, 3.8) is 0 Å². The third kappa shape index (κ3) is 2.13. The van der Waals surface area contributed by atoms with E-state index in [1.807, 2.05) is 13.0 Å². The van der Waals surface area contributed by atoms with Crippen molar-refractivity contribution in [3.8, 4) is 0 Å². The molecular formula is C8H11NOS. The van der Waals surface area contributed by atoms with Gasteiger partial charge in [0.2, 0.25) is 0 Å². The van der Waals surface area contributed by atoms with Crippen molar-refractivity contribution in [1.82, 2.24) is 4.98 Å². The summed E-state index contributed by atoms with van der Waals surface area (Å²) in [5.74, 6) is 0. The van der Waals surface area contributed by atoms with Crippen LogP contribution in [0.1, 0.15) is 25.0 Å². The van der Waals surface area contributed by atoms with E-state index >= 15 is 0 Å². The van der Waals surface area contributed by atoms with Crippen LogP contribution in [0, 0.1) is 4.64 Å². The number of aliphatic hydroxyl groups excluding tert-OH is 1. The van der Waals surface area contributed by atoms with E-state index in [-0.39, 0.29) is 6.10 Å². The maximum Gasteiger partial charge on any atom is 0.103 e. The molecule has 0 saturated heterocycles. The van der Waals surface area contributed by atoms with Gasteiger partial charge in [0.25, 0.3) is 0 Å². The van der Waals surface area contributed by atoms with Crippen molar-refractivity contribution in [1.29, 1.82) is 0 Å². The Bertz CT molecular complexity index is 261. The molecule has 0 aliphatic heterocycles. The molecule has 3 heteroatoms. The molecule has 2 nitrogen and oxygen atoms in total. The number of hydrogen-bond acceptors (Lipinski definition) is 2. The van der Waals surface area contributed by atoms with Crippen LogP contribution in [-0.4, -0.2) is 10.1 Å². The topological polar surface area (TPSA) is 36.0 Å². The Morgan fingerprint density at radius 3 is 2.82 bits per heavy atom. The van der Waals surface area contributed by atoms with E-state index in [4.69, 9.17) is 12.2 Å². The van der Waals surface area contributed by atoms with Gasteiger partial charge < -0.3 is 10.1 Å². The average molecular weight is 169 g/mol. The molecule has 0 saturated carbocycles. The first-order valence-corrected chi connectivity index (χ1v) is 4.01. The van der Waals surface area contributed by atoms with E-state index in [0.29, 0.717) is 4.64 Å². The van der Waals surface area contributed by atoms with Crippen LogP contribution in [0.25, 0.3) is 0 Å². The molecule has 1 aromatic rings. The van der Waals surface area contributed by atoms with Gasteiger partial charge >= 0.3 is 0 Å². The van der Waals surface area contributed by atoms with E-state index < -0.39 is 0 Å². The highest BCUT2D eigenvalue weighted by Crippen LogP contribution is 2.13. The van der Waals surface area contributed by atoms with Crippen molar-refractivity contribution in [2.75, 3.05) is 0 Å². The fraction of sp³-hybridized carbons (Fsp3) is 0.375. The minimum Gasteiger partial charge on any atom is -0.388 e. The van der Waals surface area contributed by atoms with Gasteiger partial charge in [-0.2, -0.15) is 0 Å². The Kier molecular flexibility index (Phi) is 2.79. The number of nitrogens with one attached hydrogen (secondary N) is 1. The van der Waals surface area contributed by atoms with Crippen molar-refractivity contribution in [2.45, 2.75) is 19.4 Å². The number of pyridine rings is 1. The second kappa shape index (κ2) is 3.64. The summed E-state index contributed by atoms with van der Waals surface area (Å²) in [5.41, 5.74) is 0.890. The van der Waals surface area contributed by atoms with E-state index in [1.54, 1.807) is 12.3 Å². The third-order valence-electron chi connectivity index (χ3n) is 1.58. The highest BCUT2D eigenvalue weighted by molar-refractivity contribution is 7.71. The number of aliphatic hydroxyl groups is 1. The van der Waals surface area contributed by atoms with Crippen LogP contribution in [0.3, 0.4) is 0 Å². The Balaban J connectivity index is 2.89. The fourth-order valence-corrected chi connectivity index (χ4v) is 0.993. The second-order valence-corrected chi connectivity index (χ2v) is 2.85. The average Bonchev–Trinajstić information content (AvgIpc) is 2.05. The number of aromatic nitrogens is 1. The van der Waals surface area contributed by atoms with Gasteiger partial charge in [-0.25, -0.2) is 0 Å². The summed E-state index contributed by atoms with van der Waals surface area (Å²) in [7, 11) is 0. The molecule has 0 aliphatic rings. The summed E-state index contributed by atoms with van der Waals surface area (Å²) in [4.78, 5) is 2.87. The van der Waals surface area contributed by atoms with Crippen LogP contribution in [0.2, 0.25) is 0 Å². The molecule has 60 valence electrons.